The van der Waals surface area contributed by atoms with Crippen LogP contribution in [0.1, 0.15) is 18.4 Å². The zero-order valence-corrected chi connectivity index (χ0v) is 12.6. The molecule has 1 aromatic rings. The van der Waals surface area contributed by atoms with Crippen molar-refractivity contribution in [3.63, 3.8) is 0 Å². The average molecular weight is 314 g/mol. The predicted octanol–water partition coefficient (Wildman–Crippen LogP) is 1.19. The van der Waals surface area contributed by atoms with Crippen molar-refractivity contribution in [2.24, 2.45) is 11.8 Å². The van der Waals surface area contributed by atoms with Crippen LogP contribution >= 0.6 is 0 Å². The molecule has 1 aliphatic heterocycles. The molecule has 1 fully saturated rings. The number of carbonyl (C=O) groups is 3. The van der Waals surface area contributed by atoms with Gasteiger partial charge in [0.25, 0.3) is 5.91 Å². The van der Waals surface area contributed by atoms with Gasteiger partial charge in [0.2, 0.25) is 11.8 Å². The predicted molar refractivity (Wildman–Crippen MR) is 81.4 cm³/mol. The summed E-state index contributed by atoms with van der Waals surface area (Å²) < 4.78 is 0. The van der Waals surface area contributed by atoms with Gasteiger partial charge in [-0.05, 0) is 18.4 Å². The molecular formula is C17H18N2O4. The second kappa shape index (κ2) is 6.75. The number of nitrogens with zero attached hydrogens (tertiary/aromatic N) is 1. The molecule has 120 valence electrons. The van der Waals surface area contributed by atoms with Crippen molar-refractivity contribution in [1.82, 2.24) is 10.4 Å². The first-order valence-corrected chi connectivity index (χ1v) is 7.61. The summed E-state index contributed by atoms with van der Waals surface area (Å²) in [4.78, 5) is 42.5. The van der Waals surface area contributed by atoms with E-state index in [0.717, 1.165) is 10.5 Å². The van der Waals surface area contributed by atoms with Crippen LogP contribution in [0.4, 0.5) is 0 Å². The Balaban J connectivity index is 1.50. The summed E-state index contributed by atoms with van der Waals surface area (Å²) >= 11 is 0. The van der Waals surface area contributed by atoms with E-state index in [-0.39, 0.29) is 36.8 Å². The fraction of sp³-hybridized carbons (Fsp3) is 0.353. The topological polar surface area (TPSA) is 75.7 Å². The molecule has 1 aromatic carbocycles. The van der Waals surface area contributed by atoms with Crippen molar-refractivity contribution >= 4 is 17.7 Å². The number of benzene rings is 1. The third kappa shape index (κ3) is 3.32. The summed E-state index contributed by atoms with van der Waals surface area (Å²) in [6.07, 6.45) is 4.97. The van der Waals surface area contributed by atoms with E-state index in [9.17, 15) is 14.4 Å². The fourth-order valence-corrected chi connectivity index (χ4v) is 2.97. The average Bonchev–Trinajstić information content (AvgIpc) is 2.81. The Morgan fingerprint density at radius 2 is 1.70 bits per heavy atom. The largest absolute Gasteiger partial charge is 0.274 e. The highest BCUT2D eigenvalue weighted by molar-refractivity contribution is 6.07. The minimum absolute atomic E-state index is 0.226. The number of carbonyl (C=O) groups excluding carboxylic acids is 3. The van der Waals surface area contributed by atoms with E-state index in [2.05, 4.69) is 5.48 Å². The van der Waals surface area contributed by atoms with Crippen LogP contribution in [0.2, 0.25) is 0 Å². The van der Waals surface area contributed by atoms with Crippen molar-refractivity contribution in [2.45, 2.75) is 19.4 Å². The summed E-state index contributed by atoms with van der Waals surface area (Å²) in [5.74, 6) is -1.66. The molecule has 3 amide bonds. The number of hydrogen-bond donors (Lipinski definition) is 1. The standard InChI is InChI=1S/C17H18N2O4/c20-15(18-23-11-12-6-2-1-3-7-12)10-19-16(21)13-8-4-5-9-14(13)17(19)22/h1-7,13-14H,8-11H2,(H,18,20). The van der Waals surface area contributed by atoms with Crippen LogP contribution in [0.5, 0.6) is 0 Å². The first-order valence-electron chi connectivity index (χ1n) is 7.61. The molecule has 1 aliphatic carbocycles. The Kier molecular flexibility index (Phi) is 4.52. The fourth-order valence-electron chi connectivity index (χ4n) is 2.97. The molecule has 6 nitrogen and oxygen atoms in total. The zero-order valence-electron chi connectivity index (χ0n) is 12.6. The van der Waals surface area contributed by atoms with Gasteiger partial charge in [-0.3, -0.25) is 24.1 Å². The molecule has 0 radical (unpaired) electrons. The van der Waals surface area contributed by atoms with Gasteiger partial charge in [-0.15, -0.1) is 0 Å². The van der Waals surface area contributed by atoms with E-state index in [4.69, 9.17) is 4.84 Å². The molecule has 6 heteroatoms. The Bertz CT molecular complexity index is 615. The third-order valence-electron chi connectivity index (χ3n) is 4.17. The van der Waals surface area contributed by atoms with Crippen LogP contribution in [-0.2, 0) is 25.8 Å². The van der Waals surface area contributed by atoms with Gasteiger partial charge in [-0.25, -0.2) is 5.48 Å². The van der Waals surface area contributed by atoms with Crippen molar-refractivity contribution in [3.8, 4) is 0 Å². The van der Waals surface area contributed by atoms with Crippen LogP contribution in [0, 0.1) is 11.8 Å². The van der Waals surface area contributed by atoms with Gasteiger partial charge in [0.15, 0.2) is 0 Å². The van der Waals surface area contributed by atoms with Gasteiger partial charge in [0, 0.05) is 0 Å². The van der Waals surface area contributed by atoms with Crippen molar-refractivity contribution in [1.29, 1.82) is 0 Å². The Hall–Kier alpha value is -2.47. The molecule has 0 spiro atoms. The molecule has 2 atom stereocenters. The molecule has 1 heterocycles. The quantitative estimate of drug-likeness (QED) is 0.503. The molecule has 1 saturated heterocycles. The van der Waals surface area contributed by atoms with Gasteiger partial charge in [-0.1, -0.05) is 42.5 Å². The normalized spacial score (nSPS) is 23.0. The van der Waals surface area contributed by atoms with Crippen molar-refractivity contribution < 1.29 is 19.2 Å². The highest BCUT2D eigenvalue weighted by Gasteiger charge is 2.47. The van der Waals surface area contributed by atoms with E-state index >= 15 is 0 Å². The highest BCUT2D eigenvalue weighted by atomic mass is 16.6. The van der Waals surface area contributed by atoms with Crippen LogP contribution in [0.25, 0.3) is 0 Å². The van der Waals surface area contributed by atoms with E-state index in [1.807, 2.05) is 42.5 Å². The summed E-state index contributed by atoms with van der Waals surface area (Å²) in [5.41, 5.74) is 3.19. The summed E-state index contributed by atoms with van der Waals surface area (Å²) in [7, 11) is 0. The van der Waals surface area contributed by atoms with Crippen LogP contribution in [-0.4, -0.2) is 29.2 Å². The lowest BCUT2D eigenvalue weighted by Gasteiger charge is -2.14. The highest BCUT2D eigenvalue weighted by Crippen LogP contribution is 2.34. The molecule has 2 unspecified atom stereocenters. The van der Waals surface area contributed by atoms with Crippen LogP contribution in [0.15, 0.2) is 42.5 Å². The minimum Gasteiger partial charge on any atom is -0.274 e. The van der Waals surface area contributed by atoms with E-state index < -0.39 is 5.91 Å². The number of fused-ring (bicyclic) bond motifs is 1. The molecular weight excluding hydrogens is 296 g/mol. The van der Waals surface area contributed by atoms with Crippen molar-refractivity contribution in [2.75, 3.05) is 6.54 Å². The zero-order chi connectivity index (χ0) is 16.2. The number of nitrogens with one attached hydrogen (secondary N) is 1. The number of rotatable bonds is 5. The summed E-state index contributed by atoms with van der Waals surface area (Å²) in [6, 6.07) is 9.38. The van der Waals surface area contributed by atoms with Crippen LogP contribution in [0.3, 0.4) is 0 Å². The van der Waals surface area contributed by atoms with Crippen molar-refractivity contribution in [3.05, 3.63) is 48.0 Å². The maximum Gasteiger partial charge on any atom is 0.263 e. The molecule has 0 saturated carbocycles. The molecule has 0 aromatic heterocycles. The lowest BCUT2D eigenvalue weighted by molar-refractivity contribution is -0.147. The van der Waals surface area contributed by atoms with Crippen LogP contribution < -0.4 is 5.48 Å². The smallest absolute Gasteiger partial charge is 0.263 e. The molecule has 0 bridgehead atoms. The number of hydrogen-bond acceptors (Lipinski definition) is 4. The van der Waals surface area contributed by atoms with E-state index in [0.29, 0.717) is 12.8 Å². The Labute approximate surface area is 134 Å². The SMILES string of the molecule is O=C(CN1C(=O)C2CC=CCC2C1=O)NOCc1ccccc1. The lowest BCUT2D eigenvalue weighted by Crippen LogP contribution is -2.41. The second-order valence-corrected chi connectivity index (χ2v) is 5.72. The Morgan fingerprint density at radius 3 is 2.30 bits per heavy atom. The van der Waals surface area contributed by atoms with E-state index in [1.165, 1.54) is 0 Å². The van der Waals surface area contributed by atoms with Gasteiger partial charge in [0.05, 0.1) is 18.4 Å². The van der Waals surface area contributed by atoms with Gasteiger partial charge in [0.1, 0.15) is 6.54 Å². The molecule has 1 N–H and O–H groups in total. The maximum atomic E-state index is 12.2. The number of likely N-dealkylation sites (tertiary alicyclic amines) is 1. The first kappa shape index (κ1) is 15.4. The first-order chi connectivity index (χ1) is 11.2. The minimum atomic E-state index is -0.505. The van der Waals surface area contributed by atoms with E-state index in [1.54, 1.807) is 0 Å². The number of amides is 3. The third-order valence-corrected chi connectivity index (χ3v) is 4.17. The second-order valence-electron chi connectivity index (χ2n) is 5.72. The summed E-state index contributed by atoms with van der Waals surface area (Å²) in [6.45, 7) is -0.0664. The molecule has 3 rings (SSSR count). The maximum absolute atomic E-state index is 12.2. The van der Waals surface area contributed by atoms with Gasteiger partial charge < -0.3 is 0 Å². The molecule has 2 aliphatic rings. The van der Waals surface area contributed by atoms with Gasteiger partial charge >= 0.3 is 0 Å². The number of imide groups is 1. The summed E-state index contributed by atoms with van der Waals surface area (Å²) in [5, 5.41) is 0. The number of allylic oxidation sites excluding steroid dienone is 2. The lowest BCUT2D eigenvalue weighted by atomic mass is 9.85. The molecule has 23 heavy (non-hydrogen) atoms. The Morgan fingerprint density at radius 1 is 1.09 bits per heavy atom. The number of hydroxylamine groups is 1. The van der Waals surface area contributed by atoms with Gasteiger partial charge in [-0.2, -0.15) is 0 Å². The monoisotopic (exact) mass is 314 g/mol.